The molecule has 0 heterocycles. The minimum absolute atomic E-state index is 0.0779. The zero-order chi connectivity index (χ0) is 11.8. The molecule has 2 fully saturated rings. The molecule has 2 aliphatic rings. The van der Waals surface area contributed by atoms with Crippen LogP contribution < -0.4 is 9.44 Å². The van der Waals surface area contributed by atoms with E-state index in [2.05, 4.69) is 9.44 Å². The molecule has 0 aliphatic heterocycles. The van der Waals surface area contributed by atoms with Crippen LogP contribution in [0.5, 0.6) is 0 Å². The van der Waals surface area contributed by atoms with Gasteiger partial charge in [0.05, 0.1) is 5.92 Å². The summed E-state index contributed by atoms with van der Waals surface area (Å²) < 4.78 is 28.1. The maximum atomic E-state index is 11.5. The SMILES string of the molecule is O=C(O)C1CCC(NS(=O)(=O)NC2CC2)C1. The van der Waals surface area contributed by atoms with E-state index >= 15 is 0 Å². The smallest absolute Gasteiger partial charge is 0.306 e. The Kier molecular flexibility index (Phi) is 3.18. The van der Waals surface area contributed by atoms with Gasteiger partial charge in [-0.05, 0) is 32.1 Å². The van der Waals surface area contributed by atoms with E-state index in [1.54, 1.807) is 0 Å². The van der Waals surface area contributed by atoms with Crippen molar-refractivity contribution in [3.63, 3.8) is 0 Å². The van der Waals surface area contributed by atoms with Gasteiger partial charge in [-0.2, -0.15) is 17.9 Å². The van der Waals surface area contributed by atoms with Gasteiger partial charge in [-0.15, -0.1) is 0 Å². The van der Waals surface area contributed by atoms with Crippen molar-refractivity contribution in [2.75, 3.05) is 0 Å². The molecule has 0 bridgehead atoms. The third-order valence-electron chi connectivity index (χ3n) is 3.00. The van der Waals surface area contributed by atoms with Crippen LogP contribution in [0.4, 0.5) is 0 Å². The molecule has 2 aliphatic carbocycles. The minimum Gasteiger partial charge on any atom is -0.481 e. The Labute approximate surface area is 94.6 Å². The van der Waals surface area contributed by atoms with Crippen LogP contribution in [0.1, 0.15) is 32.1 Å². The van der Waals surface area contributed by atoms with Crippen LogP contribution in [-0.2, 0) is 15.0 Å². The number of carboxylic acids is 1. The highest BCUT2D eigenvalue weighted by atomic mass is 32.2. The highest BCUT2D eigenvalue weighted by Crippen LogP contribution is 2.26. The highest BCUT2D eigenvalue weighted by Gasteiger charge is 2.33. The summed E-state index contributed by atoms with van der Waals surface area (Å²) in [5.41, 5.74) is 0. The molecule has 0 aromatic heterocycles. The zero-order valence-electron chi connectivity index (χ0n) is 8.85. The van der Waals surface area contributed by atoms with Crippen LogP contribution in [-0.4, -0.2) is 31.6 Å². The second-order valence-corrected chi connectivity index (χ2v) is 6.04. The average Bonchev–Trinajstić information content (AvgIpc) is 2.80. The molecular formula is C9H16N2O4S. The Morgan fingerprint density at radius 3 is 2.12 bits per heavy atom. The van der Waals surface area contributed by atoms with E-state index in [-0.39, 0.29) is 12.1 Å². The molecule has 2 rings (SSSR count). The van der Waals surface area contributed by atoms with Gasteiger partial charge >= 0.3 is 5.97 Å². The van der Waals surface area contributed by atoms with Gasteiger partial charge in [0, 0.05) is 12.1 Å². The first-order chi connectivity index (χ1) is 7.46. The molecule has 2 unspecified atom stereocenters. The quantitative estimate of drug-likeness (QED) is 0.629. The Bertz CT molecular complexity index is 377. The summed E-state index contributed by atoms with van der Waals surface area (Å²) in [6.07, 6.45) is 3.32. The number of nitrogens with one attached hydrogen (secondary N) is 2. The van der Waals surface area contributed by atoms with Gasteiger partial charge in [0.1, 0.15) is 0 Å². The largest absolute Gasteiger partial charge is 0.481 e. The van der Waals surface area contributed by atoms with Crippen LogP contribution >= 0.6 is 0 Å². The van der Waals surface area contributed by atoms with Crippen LogP contribution in [0.3, 0.4) is 0 Å². The topological polar surface area (TPSA) is 95.5 Å². The van der Waals surface area contributed by atoms with Gasteiger partial charge < -0.3 is 5.11 Å². The molecule has 0 saturated heterocycles. The van der Waals surface area contributed by atoms with E-state index in [0.717, 1.165) is 12.8 Å². The number of aliphatic carboxylic acids is 1. The number of hydrogen-bond acceptors (Lipinski definition) is 3. The van der Waals surface area contributed by atoms with Crippen molar-refractivity contribution >= 4 is 16.2 Å². The summed E-state index contributed by atoms with van der Waals surface area (Å²) in [5, 5.41) is 8.79. The predicted octanol–water partition coefficient (Wildman–Crippen LogP) is -0.174. The summed E-state index contributed by atoms with van der Waals surface area (Å²) in [6, 6.07) is -0.161. The first-order valence-electron chi connectivity index (χ1n) is 5.48. The summed E-state index contributed by atoms with van der Waals surface area (Å²) in [5.74, 6) is -1.24. The van der Waals surface area contributed by atoms with Crippen molar-refractivity contribution in [3.8, 4) is 0 Å². The predicted molar refractivity (Wildman–Crippen MR) is 57.0 cm³/mol. The monoisotopic (exact) mass is 248 g/mol. The van der Waals surface area contributed by atoms with Crippen molar-refractivity contribution in [1.29, 1.82) is 0 Å². The van der Waals surface area contributed by atoms with Gasteiger partial charge in [-0.3, -0.25) is 4.79 Å². The van der Waals surface area contributed by atoms with Crippen molar-refractivity contribution in [3.05, 3.63) is 0 Å². The Hall–Kier alpha value is -0.660. The molecule has 0 aromatic carbocycles. The second kappa shape index (κ2) is 4.31. The summed E-state index contributed by atoms with van der Waals surface area (Å²) >= 11 is 0. The van der Waals surface area contributed by atoms with E-state index in [4.69, 9.17) is 5.11 Å². The second-order valence-electron chi connectivity index (χ2n) is 4.56. The molecule has 2 saturated carbocycles. The lowest BCUT2D eigenvalue weighted by Crippen LogP contribution is -2.42. The molecule has 2 atom stereocenters. The van der Waals surface area contributed by atoms with E-state index < -0.39 is 22.1 Å². The number of rotatable bonds is 5. The highest BCUT2D eigenvalue weighted by molar-refractivity contribution is 7.87. The normalized spacial score (nSPS) is 30.5. The van der Waals surface area contributed by atoms with E-state index in [1.807, 2.05) is 0 Å². The number of hydrogen-bond donors (Lipinski definition) is 3. The Morgan fingerprint density at radius 1 is 1.06 bits per heavy atom. The molecule has 0 radical (unpaired) electrons. The van der Waals surface area contributed by atoms with Gasteiger partial charge in [0.15, 0.2) is 0 Å². The first kappa shape index (κ1) is 11.8. The molecule has 7 heteroatoms. The maximum absolute atomic E-state index is 11.5. The summed E-state index contributed by atoms with van der Waals surface area (Å²) in [7, 11) is -3.44. The van der Waals surface area contributed by atoms with Gasteiger partial charge in [-0.25, -0.2) is 0 Å². The lowest BCUT2D eigenvalue weighted by Gasteiger charge is -2.13. The maximum Gasteiger partial charge on any atom is 0.306 e. The van der Waals surface area contributed by atoms with Crippen molar-refractivity contribution in [1.82, 2.24) is 9.44 Å². The lowest BCUT2D eigenvalue weighted by atomic mass is 10.1. The van der Waals surface area contributed by atoms with Crippen LogP contribution in [0.25, 0.3) is 0 Å². The van der Waals surface area contributed by atoms with Crippen molar-refractivity contribution < 1.29 is 18.3 Å². The molecule has 92 valence electrons. The van der Waals surface area contributed by atoms with Crippen molar-refractivity contribution in [2.24, 2.45) is 5.92 Å². The molecule has 0 amide bonds. The Balaban J connectivity index is 1.83. The minimum atomic E-state index is -3.44. The molecule has 3 N–H and O–H groups in total. The fraction of sp³-hybridized carbons (Fsp3) is 0.889. The van der Waals surface area contributed by atoms with Gasteiger partial charge in [0.25, 0.3) is 10.2 Å². The third kappa shape index (κ3) is 3.16. The summed E-state index contributed by atoms with van der Waals surface area (Å²) in [4.78, 5) is 10.7. The van der Waals surface area contributed by atoms with Gasteiger partial charge in [0.2, 0.25) is 0 Å². The summed E-state index contributed by atoms with van der Waals surface area (Å²) in [6.45, 7) is 0. The average molecular weight is 248 g/mol. The fourth-order valence-electron chi connectivity index (χ4n) is 1.99. The molecule has 0 spiro atoms. The number of carboxylic acid groups (broad SMARTS) is 1. The van der Waals surface area contributed by atoms with Crippen LogP contribution in [0.2, 0.25) is 0 Å². The number of carbonyl (C=O) groups is 1. The van der Waals surface area contributed by atoms with E-state index in [0.29, 0.717) is 19.3 Å². The standard InChI is InChI=1S/C9H16N2O4S/c12-9(13)6-1-2-8(5-6)11-16(14,15)10-7-3-4-7/h6-8,10-11H,1-5H2,(H,12,13). The molecule has 0 aromatic rings. The van der Waals surface area contributed by atoms with E-state index in [1.165, 1.54) is 0 Å². The van der Waals surface area contributed by atoms with Gasteiger partial charge in [-0.1, -0.05) is 0 Å². The molecule has 16 heavy (non-hydrogen) atoms. The van der Waals surface area contributed by atoms with Crippen LogP contribution in [0.15, 0.2) is 0 Å². The molecular weight excluding hydrogens is 232 g/mol. The third-order valence-corrected chi connectivity index (χ3v) is 4.29. The Morgan fingerprint density at radius 2 is 1.62 bits per heavy atom. The lowest BCUT2D eigenvalue weighted by molar-refractivity contribution is -0.141. The zero-order valence-corrected chi connectivity index (χ0v) is 9.66. The first-order valence-corrected chi connectivity index (χ1v) is 6.97. The van der Waals surface area contributed by atoms with Crippen LogP contribution in [0, 0.1) is 5.92 Å². The fourth-order valence-corrected chi connectivity index (χ4v) is 3.38. The van der Waals surface area contributed by atoms with E-state index in [9.17, 15) is 13.2 Å². The molecule has 6 nitrogen and oxygen atoms in total. The van der Waals surface area contributed by atoms with Crippen molar-refractivity contribution in [2.45, 2.75) is 44.2 Å².